The number of hydrogen-bond donors (Lipinski definition) is 1. The third-order valence-electron chi connectivity index (χ3n) is 4.75. The molecule has 1 aromatic heterocycles. The van der Waals surface area contributed by atoms with Crippen LogP contribution in [-0.2, 0) is 4.79 Å². The van der Waals surface area contributed by atoms with Gasteiger partial charge in [0.15, 0.2) is 11.0 Å². The topological polar surface area (TPSA) is 69.0 Å². The van der Waals surface area contributed by atoms with Crippen molar-refractivity contribution in [2.45, 2.75) is 12.1 Å². The number of benzene rings is 3. The molecule has 6 nitrogen and oxygen atoms in total. The standard InChI is InChI=1S/C24H21ClN4O2S/c1-16-7-11-18(12-8-16)29-23(20-5-3-4-6-21(20)25)27-28-24(29)32-15-22(30)26-17-9-13-19(31-2)14-10-17/h3-14H,15H2,1-2H3,(H,26,30). The van der Waals surface area contributed by atoms with Crippen LogP contribution < -0.4 is 10.1 Å². The van der Waals surface area contributed by atoms with E-state index in [2.05, 4.69) is 15.5 Å². The maximum Gasteiger partial charge on any atom is 0.234 e. The highest BCUT2D eigenvalue weighted by Crippen LogP contribution is 2.32. The molecule has 0 saturated carbocycles. The van der Waals surface area contributed by atoms with Gasteiger partial charge in [-0.05, 0) is 55.5 Å². The minimum absolute atomic E-state index is 0.141. The minimum Gasteiger partial charge on any atom is -0.497 e. The minimum atomic E-state index is -0.141. The summed E-state index contributed by atoms with van der Waals surface area (Å²) in [6, 6.07) is 22.7. The lowest BCUT2D eigenvalue weighted by atomic mass is 10.2. The van der Waals surface area contributed by atoms with Crippen LogP contribution in [0.3, 0.4) is 0 Å². The zero-order valence-electron chi connectivity index (χ0n) is 17.6. The second-order valence-corrected chi connectivity index (χ2v) is 8.37. The fourth-order valence-electron chi connectivity index (χ4n) is 3.11. The van der Waals surface area contributed by atoms with E-state index in [1.807, 2.05) is 60.0 Å². The summed E-state index contributed by atoms with van der Waals surface area (Å²) >= 11 is 7.74. The Balaban J connectivity index is 1.58. The van der Waals surface area contributed by atoms with E-state index in [1.165, 1.54) is 11.8 Å². The van der Waals surface area contributed by atoms with Crippen LogP contribution in [0.4, 0.5) is 5.69 Å². The van der Waals surface area contributed by atoms with E-state index in [9.17, 15) is 4.79 Å². The van der Waals surface area contributed by atoms with E-state index in [4.69, 9.17) is 16.3 Å². The van der Waals surface area contributed by atoms with Gasteiger partial charge >= 0.3 is 0 Å². The molecule has 0 aliphatic heterocycles. The molecule has 3 aromatic carbocycles. The number of carbonyl (C=O) groups is 1. The summed E-state index contributed by atoms with van der Waals surface area (Å²) in [6.07, 6.45) is 0. The van der Waals surface area contributed by atoms with Crippen molar-refractivity contribution in [1.29, 1.82) is 0 Å². The number of nitrogens with zero attached hydrogens (tertiary/aromatic N) is 3. The number of amides is 1. The maximum absolute atomic E-state index is 12.5. The highest BCUT2D eigenvalue weighted by atomic mass is 35.5. The molecule has 0 bridgehead atoms. The van der Waals surface area contributed by atoms with Gasteiger partial charge < -0.3 is 10.1 Å². The highest BCUT2D eigenvalue weighted by molar-refractivity contribution is 7.99. The number of carbonyl (C=O) groups excluding carboxylic acids is 1. The van der Waals surface area contributed by atoms with Crippen LogP contribution in [0.1, 0.15) is 5.56 Å². The normalized spacial score (nSPS) is 10.7. The smallest absolute Gasteiger partial charge is 0.234 e. The molecule has 8 heteroatoms. The van der Waals surface area contributed by atoms with Gasteiger partial charge in [-0.15, -0.1) is 10.2 Å². The van der Waals surface area contributed by atoms with Crippen LogP contribution in [0.25, 0.3) is 17.1 Å². The Hall–Kier alpha value is -3.29. The zero-order valence-corrected chi connectivity index (χ0v) is 19.2. The summed E-state index contributed by atoms with van der Waals surface area (Å²) in [7, 11) is 1.60. The van der Waals surface area contributed by atoms with Crippen molar-refractivity contribution in [3.8, 4) is 22.8 Å². The van der Waals surface area contributed by atoms with Gasteiger partial charge in [-0.25, -0.2) is 0 Å². The number of ether oxygens (including phenoxy) is 1. The van der Waals surface area contributed by atoms with Crippen LogP contribution in [-0.4, -0.2) is 33.5 Å². The van der Waals surface area contributed by atoms with Crippen LogP contribution in [0.5, 0.6) is 5.75 Å². The zero-order chi connectivity index (χ0) is 22.5. The number of hydrogen-bond acceptors (Lipinski definition) is 5. The third-order valence-corrected chi connectivity index (χ3v) is 6.00. The number of anilines is 1. The molecular weight excluding hydrogens is 444 g/mol. The molecule has 4 rings (SSSR count). The Bertz CT molecular complexity index is 1220. The summed E-state index contributed by atoms with van der Waals surface area (Å²) in [4.78, 5) is 12.5. The lowest BCUT2D eigenvalue weighted by Gasteiger charge is -2.12. The predicted octanol–water partition coefficient (Wildman–Crippen LogP) is 5.64. The number of aryl methyl sites for hydroxylation is 1. The second-order valence-electron chi connectivity index (χ2n) is 7.02. The molecular formula is C24H21ClN4O2S. The average molecular weight is 465 g/mol. The SMILES string of the molecule is COc1ccc(NC(=O)CSc2nnc(-c3ccccc3Cl)n2-c2ccc(C)cc2)cc1. The molecule has 1 heterocycles. The van der Waals surface area contributed by atoms with E-state index in [0.717, 1.165) is 22.6 Å². The van der Waals surface area contributed by atoms with E-state index in [1.54, 1.807) is 31.4 Å². The lowest BCUT2D eigenvalue weighted by Crippen LogP contribution is -2.14. The van der Waals surface area contributed by atoms with Crippen molar-refractivity contribution in [3.63, 3.8) is 0 Å². The molecule has 1 amide bonds. The van der Waals surface area contributed by atoms with Crippen molar-refractivity contribution in [1.82, 2.24) is 14.8 Å². The quantitative estimate of drug-likeness (QED) is 0.359. The number of thioether (sulfide) groups is 1. The fraction of sp³-hybridized carbons (Fsp3) is 0.125. The molecule has 0 unspecified atom stereocenters. The van der Waals surface area contributed by atoms with Gasteiger partial charge in [0.2, 0.25) is 5.91 Å². The Morgan fingerprint density at radius 3 is 2.44 bits per heavy atom. The van der Waals surface area contributed by atoms with Crippen LogP contribution >= 0.6 is 23.4 Å². The second kappa shape index (κ2) is 9.89. The first-order chi connectivity index (χ1) is 15.5. The number of aromatic nitrogens is 3. The third kappa shape index (κ3) is 4.95. The monoisotopic (exact) mass is 464 g/mol. The largest absolute Gasteiger partial charge is 0.497 e. The van der Waals surface area contributed by atoms with E-state index < -0.39 is 0 Å². The molecule has 4 aromatic rings. The van der Waals surface area contributed by atoms with Crippen LogP contribution in [0.15, 0.2) is 78.0 Å². The van der Waals surface area contributed by atoms with Crippen LogP contribution in [0.2, 0.25) is 5.02 Å². The average Bonchev–Trinajstić information content (AvgIpc) is 3.23. The number of rotatable bonds is 7. The van der Waals surface area contributed by atoms with Crippen molar-refractivity contribution in [2.75, 3.05) is 18.2 Å². The molecule has 0 atom stereocenters. The Kier molecular flexibility index (Phi) is 6.78. The predicted molar refractivity (Wildman–Crippen MR) is 129 cm³/mol. The van der Waals surface area contributed by atoms with E-state index in [-0.39, 0.29) is 11.7 Å². The van der Waals surface area contributed by atoms with Gasteiger partial charge in [0.25, 0.3) is 0 Å². The molecule has 0 spiro atoms. The first-order valence-electron chi connectivity index (χ1n) is 9.89. The molecule has 0 fully saturated rings. The van der Waals surface area contributed by atoms with E-state index >= 15 is 0 Å². The summed E-state index contributed by atoms with van der Waals surface area (Å²) in [5.74, 6) is 1.39. The van der Waals surface area contributed by atoms with Gasteiger partial charge in [-0.2, -0.15) is 0 Å². The Labute approximate surface area is 195 Å². The number of methoxy groups -OCH3 is 1. The number of halogens is 1. The molecule has 0 radical (unpaired) electrons. The molecule has 0 aliphatic rings. The lowest BCUT2D eigenvalue weighted by molar-refractivity contribution is -0.113. The van der Waals surface area contributed by atoms with Crippen molar-refractivity contribution in [2.24, 2.45) is 0 Å². The van der Waals surface area contributed by atoms with Gasteiger partial charge in [-0.3, -0.25) is 9.36 Å². The molecule has 162 valence electrons. The highest BCUT2D eigenvalue weighted by Gasteiger charge is 2.19. The first kappa shape index (κ1) is 21.9. The summed E-state index contributed by atoms with van der Waals surface area (Å²) in [5, 5.41) is 12.8. The van der Waals surface area contributed by atoms with Crippen LogP contribution in [0, 0.1) is 6.92 Å². The maximum atomic E-state index is 12.5. The number of nitrogens with one attached hydrogen (secondary N) is 1. The first-order valence-corrected chi connectivity index (χ1v) is 11.3. The van der Waals surface area contributed by atoms with Gasteiger partial charge in [0.1, 0.15) is 5.75 Å². The summed E-state index contributed by atoms with van der Waals surface area (Å²) in [5.41, 5.74) is 3.52. The molecule has 0 aliphatic carbocycles. The summed E-state index contributed by atoms with van der Waals surface area (Å²) < 4.78 is 7.07. The summed E-state index contributed by atoms with van der Waals surface area (Å²) in [6.45, 7) is 2.03. The van der Waals surface area contributed by atoms with Gasteiger partial charge in [0, 0.05) is 16.9 Å². The fourth-order valence-corrected chi connectivity index (χ4v) is 4.08. The van der Waals surface area contributed by atoms with Crippen molar-refractivity contribution < 1.29 is 9.53 Å². The Morgan fingerprint density at radius 2 is 1.75 bits per heavy atom. The van der Waals surface area contributed by atoms with Gasteiger partial charge in [-0.1, -0.05) is 53.2 Å². The van der Waals surface area contributed by atoms with Crippen molar-refractivity contribution >= 4 is 35.0 Å². The van der Waals surface area contributed by atoms with Crippen molar-refractivity contribution in [3.05, 3.63) is 83.4 Å². The molecule has 1 N–H and O–H groups in total. The Morgan fingerprint density at radius 1 is 1.03 bits per heavy atom. The molecule has 32 heavy (non-hydrogen) atoms. The van der Waals surface area contributed by atoms with Gasteiger partial charge in [0.05, 0.1) is 17.9 Å². The molecule has 0 saturated heterocycles. The van der Waals surface area contributed by atoms with E-state index in [0.29, 0.717) is 21.7 Å².